The van der Waals surface area contributed by atoms with Gasteiger partial charge in [-0.3, -0.25) is 0 Å². The quantitative estimate of drug-likeness (QED) is 0.512. The number of halogens is 1. The van der Waals surface area contributed by atoms with Crippen LogP contribution in [0.3, 0.4) is 0 Å². The van der Waals surface area contributed by atoms with Crippen molar-refractivity contribution < 1.29 is 0 Å². The lowest BCUT2D eigenvalue weighted by Crippen LogP contribution is -1.47. The van der Waals surface area contributed by atoms with Gasteiger partial charge in [-0.1, -0.05) is 0 Å². The van der Waals surface area contributed by atoms with Gasteiger partial charge >= 0.3 is 0 Å². The van der Waals surface area contributed by atoms with Crippen molar-refractivity contribution in [3.63, 3.8) is 0 Å². The Labute approximate surface area is 53.6 Å². The third-order valence-corrected chi connectivity index (χ3v) is 1.46. The molecule has 2 heteroatoms. The molecule has 1 aromatic rings. The first-order chi connectivity index (χ1) is 2.89. The van der Waals surface area contributed by atoms with Crippen LogP contribution in [-0.2, 0) is 0 Å². The molecule has 0 aromatic carbocycles. The average molecular weight is 135 g/mol. The van der Waals surface area contributed by atoms with E-state index in [1.165, 1.54) is 5.56 Å². The summed E-state index contributed by atoms with van der Waals surface area (Å²) in [5.41, 5.74) is 1.36. The monoisotopic (exact) mass is 134 g/mol. The van der Waals surface area contributed by atoms with Gasteiger partial charge in [-0.05, 0) is 29.3 Å². The molecule has 1 rings (SSSR count). The third kappa shape index (κ3) is 1.95. The highest BCUT2D eigenvalue weighted by Gasteiger charge is 1.74. The van der Waals surface area contributed by atoms with Crippen LogP contribution in [0.2, 0.25) is 0 Å². The molecular formula is C5H7ClS. The summed E-state index contributed by atoms with van der Waals surface area (Å²) in [5.74, 6) is 0. The molecule has 0 aliphatic heterocycles. The van der Waals surface area contributed by atoms with Gasteiger partial charge in [0.1, 0.15) is 0 Å². The molecule has 0 aliphatic carbocycles. The summed E-state index contributed by atoms with van der Waals surface area (Å²) in [7, 11) is 0. The van der Waals surface area contributed by atoms with Crippen molar-refractivity contribution in [3.8, 4) is 0 Å². The second-order valence-electron chi connectivity index (χ2n) is 1.30. The van der Waals surface area contributed by atoms with Crippen LogP contribution in [-0.4, -0.2) is 0 Å². The highest BCUT2D eigenvalue weighted by Crippen LogP contribution is 2.01. The Bertz CT molecular complexity index is 112. The number of hydrogen-bond acceptors (Lipinski definition) is 1. The number of hydrogen-bond donors (Lipinski definition) is 0. The highest BCUT2D eigenvalue weighted by atomic mass is 35.5. The fourth-order valence-electron chi connectivity index (χ4n) is 0.333. The molecule has 0 atom stereocenters. The maximum Gasteiger partial charge on any atom is -0.00641 e. The van der Waals surface area contributed by atoms with Crippen LogP contribution < -0.4 is 0 Å². The number of rotatable bonds is 0. The Morgan fingerprint density at radius 1 is 1.57 bits per heavy atom. The molecule has 0 N–H and O–H groups in total. The first-order valence-electron chi connectivity index (χ1n) is 1.88. The zero-order valence-electron chi connectivity index (χ0n) is 4.05. The fraction of sp³-hybridized carbons (Fsp3) is 0.200. The van der Waals surface area contributed by atoms with Gasteiger partial charge in [-0.25, -0.2) is 0 Å². The van der Waals surface area contributed by atoms with Crippen LogP contribution in [0.4, 0.5) is 0 Å². The minimum Gasteiger partial charge on any atom is -0.152 e. The molecule has 0 nitrogen and oxygen atoms in total. The van der Waals surface area contributed by atoms with E-state index in [4.69, 9.17) is 0 Å². The van der Waals surface area contributed by atoms with Crippen molar-refractivity contribution in [1.82, 2.24) is 0 Å². The second kappa shape index (κ2) is 3.05. The predicted molar refractivity (Wildman–Crippen MR) is 36.3 cm³/mol. The molecule has 0 fully saturated rings. The van der Waals surface area contributed by atoms with Crippen LogP contribution in [0.15, 0.2) is 16.8 Å². The van der Waals surface area contributed by atoms with Gasteiger partial charge in [0, 0.05) is 0 Å². The van der Waals surface area contributed by atoms with Gasteiger partial charge in [0.2, 0.25) is 0 Å². The summed E-state index contributed by atoms with van der Waals surface area (Å²) in [6, 6.07) is 2.10. The predicted octanol–water partition coefficient (Wildman–Crippen LogP) is 2.48. The largest absolute Gasteiger partial charge is 0.152 e. The van der Waals surface area contributed by atoms with E-state index in [2.05, 4.69) is 23.8 Å². The molecule has 0 saturated heterocycles. The van der Waals surface area contributed by atoms with E-state index in [9.17, 15) is 0 Å². The fourth-order valence-corrected chi connectivity index (χ4v) is 0.998. The molecule has 1 aromatic heterocycles. The molecular weight excluding hydrogens is 128 g/mol. The first-order valence-corrected chi connectivity index (χ1v) is 2.82. The normalized spacial score (nSPS) is 7.57. The minimum atomic E-state index is 0. The van der Waals surface area contributed by atoms with Crippen LogP contribution in [0.25, 0.3) is 0 Å². The molecule has 0 amide bonds. The van der Waals surface area contributed by atoms with Crippen molar-refractivity contribution in [2.45, 2.75) is 6.92 Å². The van der Waals surface area contributed by atoms with E-state index < -0.39 is 0 Å². The minimum absolute atomic E-state index is 0. The molecule has 0 saturated carbocycles. The van der Waals surface area contributed by atoms with Crippen molar-refractivity contribution in [3.05, 3.63) is 22.4 Å². The maximum atomic E-state index is 2.12. The molecule has 0 aliphatic rings. The van der Waals surface area contributed by atoms with Gasteiger partial charge < -0.3 is 0 Å². The van der Waals surface area contributed by atoms with E-state index in [0.29, 0.717) is 0 Å². The lowest BCUT2D eigenvalue weighted by atomic mass is 10.4. The number of aryl methyl sites for hydroxylation is 1. The van der Waals surface area contributed by atoms with E-state index in [-0.39, 0.29) is 12.4 Å². The summed E-state index contributed by atoms with van der Waals surface area (Å²) >= 11 is 1.74. The van der Waals surface area contributed by atoms with Crippen molar-refractivity contribution in [2.75, 3.05) is 0 Å². The smallest absolute Gasteiger partial charge is 0.00641 e. The Kier molecular flexibility index (Phi) is 3.05. The summed E-state index contributed by atoms with van der Waals surface area (Å²) in [4.78, 5) is 0. The molecule has 0 spiro atoms. The van der Waals surface area contributed by atoms with Gasteiger partial charge in [0.05, 0.1) is 0 Å². The van der Waals surface area contributed by atoms with Gasteiger partial charge in [-0.15, -0.1) is 12.4 Å². The van der Waals surface area contributed by atoms with Crippen molar-refractivity contribution >= 4 is 23.7 Å². The average Bonchev–Trinajstić information content (AvgIpc) is 1.86. The highest BCUT2D eigenvalue weighted by molar-refractivity contribution is 7.07. The Morgan fingerprint density at radius 3 is 2.43 bits per heavy atom. The lowest BCUT2D eigenvalue weighted by molar-refractivity contribution is 1.56. The SMILES string of the molecule is Cc1ccsc1.Cl. The molecule has 7 heavy (non-hydrogen) atoms. The van der Waals surface area contributed by atoms with E-state index in [1.807, 2.05) is 0 Å². The van der Waals surface area contributed by atoms with Gasteiger partial charge in [-0.2, -0.15) is 11.3 Å². The van der Waals surface area contributed by atoms with Crippen LogP contribution in [0, 0.1) is 6.92 Å². The zero-order valence-corrected chi connectivity index (χ0v) is 5.68. The van der Waals surface area contributed by atoms with Crippen LogP contribution >= 0.6 is 23.7 Å². The third-order valence-electron chi connectivity index (χ3n) is 0.663. The van der Waals surface area contributed by atoms with Crippen LogP contribution in [0.5, 0.6) is 0 Å². The van der Waals surface area contributed by atoms with Crippen molar-refractivity contribution in [1.29, 1.82) is 0 Å². The summed E-state index contributed by atoms with van der Waals surface area (Å²) in [5, 5.41) is 4.20. The molecule has 40 valence electrons. The topological polar surface area (TPSA) is 0 Å². The number of thiophene rings is 1. The standard InChI is InChI=1S/C5H6S.ClH/c1-5-2-3-6-4-5;/h2-4H,1H3;1H. The molecule has 1 heterocycles. The lowest BCUT2D eigenvalue weighted by Gasteiger charge is -1.65. The molecule has 0 unspecified atom stereocenters. The summed E-state index contributed by atoms with van der Waals surface area (Å²) in [6.07, 6.45) is 0. The van der Waals surface area contributed by atoms with Gasteiger partial charge in [0.25, 0.3) is 0 Å². The first kappa shape index (κ1) is 6.99. The Balaban J connectivity index is 0.000000360. The van der Waals surface area contributed by atoms with E-state index >= 15 is 0 Å². The van der Waals surface area contributed by atoms with Gasteiger partial charge in [0.15, 0.2) is 0 Å². The molecule has 0 radical (unpaired) electrons. The van der Waals surface area contributed by atoms with Crippen molar-refractivity contribution in [2.24, 2.45) is 0 Å². The molecule has 0 bridgehead atoms. The van der Waals surface area contributed by atoms with Crippen LogP contribution in [0.1, 0.15) is 5.56 Å². The zero-order chi connectivity index (χ0) is 4.41. The second-order valence-corrected chi connectivity index (χ2v) is 2.08. The summed E-state index contributed by atoms with van der Waals surface area (Å²) < 4.78 is 0. The maximum absolute atomic E-state index is 2.12. The summed E-state index contributed by atoms with van der Waals surface area (Å²) in [6.45, 7) is 2.09. The van der Waals surface area contributed by atoms with E-state index in [1.54, 1.807) is 11.3 Å². The Hall–Kier alpha value is -0.0100. The Morgan fingerprint density at radius 2 is 2.29 bits per heavy atom. The van der Waals surface area contributed by atoms with E-state index in [0.717, 1.165) is 0 Å².